The molecular weight excluding hydrogens is 458 g/mol. The van der Waals surface area contributed by atoms with Crippen LogP contribution in [0.5, 0.6) is 0 Å². The zero-order valence-electron chi connectivity index (χ0n) is 21.2. The summed E-state index contributed by atoms with van der Waals surface area (Å²) in [5.74, 6) is -0.355. The molecule has 0 aliphatic rings. The number of hydrogen-bond donors (Lipinski definition) is 1. The number of carbonyl (C=O) groups excluding carboxylic acids is 1. The van der Waals surface area contributed by atoms with Crippen LogP contribution in [0.1, 0.15) is 46.9 Å². The lowest BCUT2D eigenvalue weighted by Gasteiger charge is -2.22. The van der Waals surface area contributed by atoms with Crippen LogP contribution in [0.2, 0.25) is 0 Å². The van der Waals surface area contributed by atoms with E-state index in [4.69, 9.17) is 4.74 Å². The minimum Gasteiger partial charge on any atom is -0.465 e. The van der Waals surface area contributed by atoms with Crippen molar-refractivity contribution in [1.82, 2.24) is 5.32 Å². The summed E-state index contributed by atoms with van der Waals surface area (Å²) in [6, 6.07) is 30.0. The van der Waals surface area contributed by atoms with Crippen molar-refractivity contribution in [2.24, 2.45) is 4.99 Å². The van der Waals surface area contributed by atoms with Crippen LogP contribution in [0.4, 0.5) is 0 Å². The van der Waals surface area contributed by atoms with E-state index in [2.05, 4.69) is 46.7 Å². The topological polar surface area (TPSA) is 74.5 Å². The van der Waals surface area contributed by atoms with E-state index in [0.29, 0.717) is 17.7 Å². The molecule has 0 amide bonds. The van der Waals surface area contributed by atoms with Gasteiger partial charge in [-0.1, -0.05) is 60.7 Å². The van der Waals surface area contributed by atoms with Crippen molar-refractivity contribution in [3.63, 3.8) is 0 Å². The monoisotopic (exact) mass is 487 g/mol. The van der Waals surface area contributed by atoms with Crippen molar-refractivity contribution in [3.05, 3.63) is 119 Å². The summed E-state index contributed by atoms with van der Waals surface area (Å²) in [6.45, 7) is 4.51. The summed E-state index contributed by atoms with van der Waals surface area (Å²) in [6.07, 6.45) is 3.61. The van der Waals surface area contributed by atoms with Gasteiger partial charge >= 0.3 is 5.97 Å². The molecule has 4 rings (SSSR count). The quantitative estimate of drug-likeness (QED) is 0.215. The second kappa shape index (κ2) is 11.9. The number of nitrogens with zero attached hydrogens (tertiary/aromatic N) is 2. The molecule has 0 saturated carbocycles. The number of nitriles is 1. The van der Waals surface area contributed by atoms with Crippen LogP contribution in [0, 0.1) is 11.3 Å². The Labute approximate surface area is 217 Å². The highest BCUT2D eigenvalue weighted by Gasteiger charge is 2.17. The first-order chi connectivity index (χ1) is 18.0. The molecule has 5 heteroatoms. The number of aliphatic imine (C=N–C) groups is 1. The summed E-state index contributed by atoms with van der Waals surface area (Å²) in [5, 5.41) is 15.8. The van der Waals surface area contributed by atoms with Gasteiger partial charge < -0.3 is 10.1 Å². The normalized spacial score (nSPS) is 12.4. The standard InChI is InChI=1S/C32H29N3O2/c1-4-34-20-22(2)31(35-21-23-12-14-25(15-13-23)32(36)37-3)26-16-17-27(19-33)30(18-26)29-11-7-9-24-8-5-6-10-28(24)29/h4-18,20,31,35H,21H2,1-3H3/b22-20+,34-4?. The zero-order chi connectivity index (χ0) is 26.2. The molecule has 1 atom stereocenters. The summed E-state index contributed by atoms with van der Waals surface area (Å²) >= 11 is 0. The molecule has 1 N–H and O–H groups in total. The average Bonchev–Trinajstić information content (AvgIpc) is 2.95. The Balaban J connectivity index is 1.72. The fourth-order valence-corrected chi connectivity index (χ4v) is 4.43. The predicted octanol–water partition coefficient (Wildman–Crippen LogP) is 6.99. The molecule has 0 spiro atoms. The molecule has 5 nitrogen and oxygen atoms in total. The van der Waals surface area contributed by atoms with E-state index in [1.54, 1.807) is 18.3 Å². The van der Waals surface area contributed by atoms with E-state index in [1.165, 1.54) is 7.11 Å². The molecule has 4 aromatic carbocycles. The van der Waals surface area contributed by atoms with E-state index in [0.717, 1.165) is 38.6 Å². The highest BCUT2D eigenvalue weighted by Crippen LogP contribution is 2.34. The van der Waals surface area contributed by atoms with Gasteiger partial charge in [-0.15, -0.1) is 0 Å². The van der Waals surface area contributed by atoms with Gasteiger partial charge in [0.2, 0.25) is 0 Å². The second-order valence-corrected chi connectivity index (χ2v) is 8.73. The number of nitrogens with one attached hydrogen (secondary N) is 1. The molecule has 0 aromatic heterocycles. The van der Waals surface area contributed by atoms with Crippen LogP contribution < -0.4 is 5.32 Å². The number of rotatable bonds is 8. The van der Waals surface area contributed by atoms with Gasteiger partial charge in [0.1, 0.15) is 0 Å². The Morgan fingerprint density at radius 3 is 2.51 bits per heavy atom. The van der Waals surface area contributed by atoms with Gasteiger partial charge in [-0.2, -0.15) is 5.26 Å². The molecule has 1 unspecified atom stereocenters. The fraction of sp³-hybridized carbons (Fsp3) is 0.156. The Hall–Kier alpha value is -4.53. The molecule has 0 radical (unpaired) electrons. The Morgan fingerprint density at radius 1 is 1.03 bits per heavy atom. The van der Waals surface area contributed by atoms with Crippen molar-refractivity contribution in [1.29, 1.82) is 5.26 Å². The molecule has 4 aromatic rings. The van der Waals surface area contributed by atoms with Gasteiger partial charge in [0, 0.05) is 24.5 Å². The summed E-state index contributed by atoms with van der Waals surface area (Å²) in [5.41, 5.74) is 6.19. The summed E-state index contributed by atoms with van der Waals surface area (Å²) < 4.78 is 4.80. The van der Waals surface area contributed by atoms with Gasteiger partial charge in [-0.05, 0) is 71.1 Å². The molecule has 0 bridgehead atoms. The minimum absolute atomic E-state index is 0.134. The van der Waals surface area contributed by atoms with Crippen molar-refractivity contribution in [2.75, 3.05) is 7.11 Å². The van der Waals surface area contributed by atoms with Crippen molar-refractivity contribution >= 4 is 23.0 Å². The third kappa shape index (κ3) is 5.83. The lowest BCUT2D eigenvalue weighted by atomic mass is 9.90. The van der Waals surface area contributed by atoms with Crippen LogP contribution in [0.3, 0.4) is 0 Å². The zero-order valence-corrected chi connectivity index (χ0v) is 21.2. The number of hydrogen-bond acceptors (Lipinski definition) is 5. The van der Waals surface area contributed by atoms with Crippen LogP contribution in [-0.2, 0) is 11.3 Å². The smallest absolute Gasteiger partial charge is 0.337 e. The van der Waals surface area contributed by atoms with E-state index >= 15 is 0 Å². The molecular formula is C32H29N3O2. The molecule has 0 aliphatic carbocycles. The van der Waals surface area contributed by atoms with Crippen LogP contribution >= 0.6 is 0 Å². The number of methoxy groups -OCH3 is 1. The van der Waals surface area contributed by atoms with Crippen molar-refractivity contribution < 1.29 is 9.53 Å². The van der Waals surface area contributed by atoms with E-state index in [9.17, 15) is 10.1 Å². The Bertz CT molecular complexity index is 1510. The van der Waals surface area contributed by atoms with Crippen LogP contribution in [0.15, 0.2) is 102 Å². The summed E-state index contributed by atoms with van der Waals surface area (Å²) in [7, 11) is 1.38. The summed E-state index contributed by atoms with van der Waals surface area (Å²) in [4.78, 5) is 16.1. The van der Waals surface area contributed by atoms with E-state index in [-0.39, 0.29) is 12.0 Å². The first kappa shape index (κ1) is 25.6. The highest BCUT2D eigenvalue weighted by atomic mass is 16.5. The molecule has 0 saturated heterocycles. The maximum absolute atomic E-state index is 11.8. The third-order valence-corrected chi connectivity index (χ3v) is 6.35. The Kier molecular flexibility index (Phi) is 8.25. The maximum atomic E-state index is 11.8. The number of ether oxygens (including phenoxy) is 1. The predicted molar refractivity (Wildman–Crippen MR) is 149 cm³/mol. The molecule has 0 heterocycles. The van der Waals surface area contributed by atoms with Gasteiger partial charge in [-0.25, -0.2) is 4.79 Å². The maximum Gasteiger partial charge on any atom is 0.337 e. The number of benzene rings is 4. The molecule has 37 heavy (non-hydrogen) atoms. The fourth-order valence-electron chi connectivity index (χ4n) is 4.43. The first-order valence-corrected chi connectivity index (χ1v) is 12.1. The number of carbonyl (C=O) groups is 1. The molecule has 0 fully saturated rings. The van der Waals surface area contributed by atoms with Crippen molar-refractivity contribution in [2.45, 2.75) is 26.4 Å². The van der Waals surface area contributed by atoms with Crippen LogP contribution in [-0.4, -0.2) is 19.3 Å². The van der Waals surface area contributed by atoms with Crippen LogP contribution in [0.25, 0.3) is 21.9 Å². The van der Waals surface area contributed by atoms with Gasteiger partial charge in [0.15, 0.2) is 0 Å². The number of esters is 1. The Morgan fingerprint density at radius 2 is 1.78 bits per heavy atom. The molecule has 184 valence electrons. The lowest BCUT2D eigenvalue weighted by Crippen LogP contribution is -2.22. The third-order valence-electron chi connectivity index (χ3n) is 6.35. The van der Waals surface area contributed by atoms with Gasteiger partial charge in [-0.3, -0.25) is 4.99 Å². The van der Waals surface area contributed by atoms with E-state index in [1.807, 2.05) is 62.5 Å². The highest BCUT2D eigenvalue weighted by molar-refractivity contribution is 5.98. The number of fused-ring (bicyclic) bond motifs is 1. The SMILES string of the molecule is CC=N/C=C(\C)C(NCc1ccc(C(=O)OC)cc1)c1ccc(C#N)c(-c2cccc3ccccc23)c1. The average molecular weight is 488 g/mol. The van der Waals surface area contributed by atoms with Gasteiger partial charge in [0.05, 0.1) is 30.3 Å². The second-order valence-electron chi connectivity index (χ2n) is 8.73. The first-order valence-electron chi connectivity index (χ1n) is 12.1. The molecule has 0 aliphatic heterocycles. The van der Waals surface area contributed by atoms with Gasteiger partial charge in [0.25, 0.3) is 0 Å². The largest absolute Gasteiger partial charge is 0.465 e. The minimum atomic E-state index is -0.355. The lowest BCUT2D eigenvalue weighted by molar-refractivity contribution is 0.0600. The van der Waals surface area contributed by atoms with Crippen molar-refractivity contribution in [3.8, 4) is 17.2 Å². The van der Waals surface area contributed by atoms with E-state index < -0.39 is 0 Å².